The highest BCUT2D eigenvalue weighted by Gasteiger charge is 2.20. The van der Waals surface area contributed by atoms with Crippen LogP contribution in [0.3, 0.4) is 0 Å². The highest BCUT2D eigenvalue weighted by molar-refractivity contribution is 5.37. The molecule has 1 saturated carbocycles. The topological polar surface area (TPSA) is 26.0 Å². The summed E-state index contributed by atoms with van der Waals surface area (Å²) in [6.45, 7) is 0. The van der Waals surface area contributed by atoms with Gasteiger partial charge in [-0.05, 0) is 54.7 Å². The zero-order valence-electron chi connectivity index (χ0n) is 10.6. The zero-order valence-corrected chi connectivity index (χ0v) is 10.6. The van der Waals surface area contributed by atoms with E-state index in [0.717, 1.165) is 12.3 Å². The highest BCUT2D eigenvalue weighted by Crippen LogP contribution is 2.36. The number of nitrogens with two attached hydrogens (primary N) is 1. The Balaban J connectivity index is 1.86. The van der Waals surface area contributed by atoms with Crippen LogP contribution in [0.1, 0.15) is 73.6 Å². The van der Waals surface area contributed by atoms with Crippen LogP contribution in [-0.4, -0.2) is 0 Å². The average molecular weight is 229 g/mol. The molecule has 17 heavy (non-hydrogen) atoms. The molecule has 0 aliphatic heterocycles. The zero-order chi connectivity index (χ0) is 11.7. The molecule has 1 aromatic rings. The van der Waals surface area contributed by atoms with Crippen molar-refractivity contribution in [3.63, 3.8) is 0 Å². The van der Waals surface area contributed by atoms with Gasteiger partial charge in [0.15, 0.2) is 0 Å². The van der Waals surface area contributed by atoms with Gasteiger partial charge in [-0.2, -0.15) is 0 Å². The molecule has 92 valence electrons. The second-order valence-corrected chi connectivity index (χ2v) is 5.79. The molecular weight excluding hydrogens is 206 g/mol. The van der Waals surface area contributed by atoms with Crippen LogP contribution in [0.4, 0.5) is 0 Å². The van der Waals surface area contributed by atoms with Crippen LogP contribution >= 0.6 is 0 Å². The molecule has 3 rings (SSSR count). The monoisotopic (exact) mass is 229 g/mol. The third kappa shape index (κ3) is 2.26. The molecule has 1 atom stereocenters. The van der Waals surface area contributed by atoms with Crippen LogP contribution in [0.5, 0.6) is 0 Å². The first-order valence-corrected chi connectivity index (χ1v) is 7.23. The number of rotatable bonds is 1. The van der Waals surface area contributed by atoms with E-state index in [9.17, 15) is 0 Å². The molecule has 2 N–H and O–H groups in total. The van der Waals surface area contributed by atoms with E-state index >= 15 is 0 Å². The summed E-state index contributed by atoms with van der Waals surface area (Å²) < 4.78 is 0. The molecule has 0 aromatic heterocycles. The summed E-state index contributed by atoms with van der Waals surface area (Å²) in [7, 11) is 0. The van der Waals surface area contributed by atoms with Crippen molar-refractivity contribution in [1.29, 1.82) is 0 Å². The largest absolute Gasteiger partial charge is 0.324 e. The summed E-state index contributed by atoms with van der Waals surface area (Å²) in [5.74, 6) is 0.826. The third-order valence-electron chi connectivity index (χ3n) is 4.60. The maximum absolute atomic E-state index is 6.17. The van der Waals surface area contributed by atoms with E-state index in [-0.39, 0.29) is 0 Å². The van der Waals surface area contributed by atoms with Crippen LogP contribution in [0.15, 0.2) is 18.2 Å². The van der Waals surface area contributed by atoms with Gasteiger partial charge in [0.05, 0.1) is 0 Å². The van der Waals surface area contributed by atoms with E-state index < -0.39 is 0 Å². The summed E-state index contributed by atoms with van der Waals surface area (Å²) in [6.07, 6.45) is 10.7. The fourth-order valence-corrected chi connectivity index (χ4v) is 3.56. The molecule has 1 fully saturated rings. The normalized spacial score (nSPS) is 25.6. The highest BCUT2D eigenvalue weighted by atomic mass is 14.6. The van der Waals surface area contributed by atoms with Crippen LogP contribution in [0, 0.1) is 0 Å². The van der Waals surface area contributed by atoms with Crippen LogP contribution in [0.2, 0.25) is 0 Å². The second-order valence-electron chi connectivity index (χ2n) is 5.79. The first-order chi connectivity index (χ1) is 8.34. The minimum atomic E-state index is 0.291. The van der Waals surface area contributed by atoms with Crippen molar-refractivity contribution >= 4 is 0 Å². The Morgan fingerprint density at radius 3 is 2.59 bits per heavy atom. The van der Waals surface area contributed by atoms with E-state index in [1.54, 1.807) is 5.56 Å². The molecule has 0 amide bonds. The van der Waals surface area contributed by atoms with Crippen LogP contribution < -0.4 is 5.73 Å². The van der Waals surface area contributed by atoms with Gasteiger partial charge in [-0.15, -0.1) is 0 Å². The van der Waals surface area contributed by atoms with Gasteiger partial charge in [-0.1, -0.05) is 37.5 Å². The summed E-state index contributed by atoms with van der Waals surface area (Å²) in [4.78, 5) is 0. The van der Waals surface area contributed by atoms with E-state index in [1.165, 1.54) is 56.1 Å². The SMILES string of the molecule is NC1CCCc2cc(C3CCCCC3)ccc21. The second kappa shape index (κ2) is 4.81. The number of aryl methyl sites for hydroxylation is 1. The molecule has 2 aliphatic rings. The molecule has 1 unspecified atom stereocenters. The molecule has 1 heteroatoms. The average Bonchev–Trinajstić information content (AvgIpc) is 2.40. The smallest absolute Gasteiger partial charge is 0.0297 e. The Bertz CT molecular complexity index is 391. The van der Waals surface area contributed by atoms with Gasteiger partial charge in [0.25, 0.3) is 0 Å². The maximum atomic E-state index is 6.17. The number of fused-ring (bicyclic) bond motifs is 1. The lowest BCUT2D eigenvalue weighted by Crippen LogP contribution is -2.18. The lowest BCUT2D eigenvalue weighted by molar-refractivity contribution is 0.443. The van der Waals surface area contributed by atoms with E-state index in [2.05, 4.69) is 18.2 Å². The molecule has 0 heterocycles. The van der Waals surface area contributed by atoms with Gasteiger partial charge in [-0.25, -0.2) is 0 Å². The molecule has 0 bridgehead atoms. The predicted octanol–water partition coefficient (Wildman–Crippen LogP) is 4.07. The van der Waals surface area contributed by atoms with Crippen molar-refractivity contribution < 1.29 is 0 Å². The van der Waals surface area contributed by atoms with Gasteiger partial charge in [0.2, 0.25) is 0 Å². The van der Waals surface area contributed by atoms with Crippen LogP contribution in [0.25, 0.3) is 0 Å². The van der Waals surface area contributed by atoms with E-state index in [1.807, 2.05) is 0 Å². The first kappa shape index (κ1) is 11.3. The van der Waals surface area contributed by atoms with Crippen molar-refractivity contribution in [2.75, 3.05) is 0 Å². The standard InChI is InChI=1S/C16H23N/c17-16-8-4-7-14-11-13(9-10-15(14)16)12-5-2-1-3-6-12/h9-12,16H,1-8,17H2. The minimum Gasteiger partial charge on any atom is -0.324 e. The summed E-state index contributed by atoms with van der Waals surface area (Å²) in [5.41, 5.74) is 10.7. The van der Waals surface area contributed by atoms with Gasteiger partial charge < -0.3 is 5.73 Å². The molecule has 1 nitrogen and oxygen atoms in total. The number of hydrogen-bond acceptors (Lipinski definition) is 1. The maximum Gasteiger partial charge on any atom is 0.0297 e. The fraction of sp³-hybridized carbons (Fsp3) is 0.625. The van der Waals surface area contributed by atoms with Crippen LogP contribution in [-0.2, 0) is 6.42 Å². The Kier molecular flexibility index (Phi) is 3.19. The Morgan fingerprint density at radius 2 is 1.76 bits per heavy atom. The summed E-state index contributed by atoms with van der Waals surface area (Å²) in [5, 5.41) is 0. The van der Waals surface area contributed by atoms with Crippen molar-refractivity contribution in [2.24, 2.45) is 5.73 Å². The lowest BCUT2D eigenvalue weighted by Gasteiger charge is -2.26. The third-order valence-corrected chi connectivity index (χ3v) is 4.60. The van der Waals surface area contributed by atoms with Gasteiger partial charge >= 0.3 is 0 Å². The van der Waals surface area contributed by atoms with Crippen molar-refractivity contribution in [3.05, 3.63) is 34.9 Å². The number of benzene rings is 1. The summed E-state index contributed by atoms with van der Waals surface area (Å²) >= 11 is 0. The minimum absolute atomic E-state index is 0.291. The molecule has 0 radical (unpaired) electrons. The molecule has 0 spiro atoms. The Morgan fingerprint density at radius 1 is 0.941 bits per heavy atom. The van der Waals surface area contributed by atoms with Crippen molar-refractivity contribution in [3.8, 4) is 0 Å². The summed E-state index contributed by atoms with van der Waals surface area (Å²) in [6, 6.07) is 7.41. The molecule has 1 aromatic carbocycles. The predicted molar refractivity (Wildman–Crippen MR) is 72.1 cm³/mol. The Hall–Kier alpha value is -0.820. The Labute approximate surface area is 104 Å². The molecule has 0 saturated heterocycles. The van der Waals surface area contributed by atoms with Gasteiger partial charge in [0, 0.05) is 6.04 Å². The molecular formula is C16H23N. The van der Waals surface area contributed by atoms with E-state index in [4.69, 9.17) is 5.73 Å². The molecule has 2 aliphatic carbocycles. The first-order valence-electron chi connectivity index (χ1n) is 7.23. The number of hydrogen-bond donors (Lipinski definition) is 1. The fourth-order valence-electron chi connectivity index (χ4n) is 3.56. The van der Waals surface area contributed by atoms with Gasteiger partial charge in [0.1, 0.15) is 0 Å². The van der Waals surface area contributed by atoms with Crippen molar-refractivity contribution in [2.45, 2.75) is 63.3 Å². The van der Waals surface area contributed by atoms with Crippen molar-refractivity contribution in [1.82, 2.24) is 0 Å². The van der Waals surface area contributed by atoms with Gasteiger partial charge in [-0.3, -0.25) is 0 Å². The lowest BCUT2D eigenvalue weighted by atomic mass is 9.80. The quantitative estimate of drug-likeness (QED) is 0.771. The van der Waals surface area contributed by atoms with E-state index in [0.29, 0.717) is 6.04 Å².